The van der Waals surface area contributed by atoms with Crippen LogP contribution in [0.2, 0.25) is 0 Å². The first kappa shape index (κ1) is 18.0. The van der Waals surface area contributed by atoms with Gasteiger partial charge in [-0.2, -0.15) is 0 Å². The molecule has 0 spiro atoms. The molecule has 3 aromatic rings. The van der Waals surface area contributed by atoms with Crippen molar-refractivity contribution in [3.63, 3.8) is 0 Å². The first-order valence-corrected chi connectivity index (χ1v) is 9.57. The Hall–Kier alpha value is -2.77. The summed E-state index contributed by atoms with van der Waals surface area (Å²) in [4.78, 5) is 12.0. The minimum atomic E-state index is -3.83. The zero-order valence-electron chi connectivity index (χ0n) is 13.8. The number of carbonyl (C=O) groups excluding carboxylic acids is 1. The van der Waals surface area contributed by atoms with Crippen molar-refractivity contribution in [1.82, 2.24) is 4.72 Å². The Kier molecular flexibility index (Phi) is 5.29. The first-order valence-electron chi connectivity index (χ1n) is 7.92. The molecule has 0 unspecified atom stereocenters. The zero-order chi connectivity index (χ0) is 18.6. The average molecular weight is 372 g/mol. The molecule has 2 N–H and O–H groups in total. The van der Waals surface area contributed by atoms with Crippen LogP contribution in [0.1, 0.15) is 5.56 Å². The molecule has 0 saturated carbocycles. The topological polar surface area (TPSA) is 75.3 Å². The molecule has 7 heteroatoms. The van der Waals surface area contributed by atoms with Gasteiger partial charge in [0.1, 0.15) is 5.82 Å². The van der Waals surface area contributed by atoms with E-state index in [1.165, 1.54) is 18.2 Å². The van der Waals surface area contributed by atoms with Gasteiger partial charge in [-0.3, -0.25) is 4.79 Å². The molecule has 3 aromatic carbocycles. The molecule has 26 heavy (non-hydrogen) atoms. The van der Waals surface area contributed by atoms with E-state index in [4.69, 9.17) is 0 Å². The normalized spacial score (nSPS) is 11.4. The molecule has 0 atom stereocenters. The van der Waals surface area contributed by atoms with Crippen molar-refractivity contribution in [2.75, 3.05) is 11.9 Å². The van der Waals surface area contributed by atoms with E-state index in [0.29, 0.717) is 5.69 Å². The second-order valence-electron chi connectivity index (χ2n) is 5.78. The highest BCUT2D eigenvalue weighted by atomic mass is 32.2. The lowest BCUT2D eigenvalue weighted by Gasteiger charge is -2.09. The number of hydrogen-bond donors (Lipinski definition) is 2. The van der Waals surface area contributed by atoms with E-state index < -0.39 is 34.0 Å². The second-order valence-corrected chi connectivity index (χ2v) is 7.59. The van der Waals surface area contributed by atoms with Crippen LogP contribution in [0.3, 0.4) is 0 Å². The van der Waals surface area contributed by atoms with Crippen molar-refractivity contribution >= 4 is 32.4 Å². The molecule has 0 aliphatic carbocycles. The highest BCUT2D eigenvalue weighted by molar-refractivity contribution is 7.88. The maximum atomic E-state index is 13.6. The third-order valence-corrected chi connectivity index (χ3v) is 5.06. The van der Waals surface area contributed by atoms with Gasteiger partial charge in [0.05, 0.1) is 12.3 Å². The Morgan fingerprint density at radius 1 is 0.923 bits per heavy atom. The fourth-order valence-corrected chi connectivity index (χ4v) is 3.62. The molecular formula is C19H17FN2O3S. The van der Waals surface area contributed by atoms with Crippen molar-refractivity contribution in [3.8, 4) is 0 Å². The van der Waals surface area contributed by atoms with Gasteiger partial charge in [-0.05, 0) is 29.0 Å². The molecule has 5 nitrogen and oxygen atoms in total. The summed E-state index contributed by atoms with van der Waals surface area (Å²) in [6.45, 7) is -0.427. The number of fused-ring (bicyclic) bond motifs is 1. The van der Waals surface area contributed by atoms with Crippen molar-refractivity contribution in [2.24, 2.45) is 0 Å². The molecule has 0 aliphatic rings. The number of amides is 1. The molecule has 0 saturated heterocycles. The van der Waals surface area contributed by atoms with Crippen molar-refractivity contribution in [1.29, 1.82) is 0 Å². The van der Waals surface area contributed by atoms with Crippen LogP contribution in [0.5, 0.6) is 0 Å². The molecule has 0 heterocycles. The molecule has 1 amide bonds. The molecule has 134 valence electrons. The summed E-state index contributed by atoms with van der Waals surface area (Å²) in [7, 11) is -3.83. The number of anilines is 1. The van der Waals surface area contributed by atoms with E-state index in [9.17, 15) is 17.6 Å². The maximum absolute atomic E-state index is 13.6. The van der Waals surface area contributed by atoms with E-state index in [0.717, 1.165) is 10.8 Å². The van der Waals surface area contributed by atoms with E-state index >= 15 is 0 Å². The van der Waals surface area contributed by atoms with Crippen molar-refractivity contribution in [2.45, 2.75) is 5.75 Å². The van der Waals surface area contributed by atoms with Gasteiger partial charge in [0.2, 0.25) is 15.9 Å². The van der Waals surface area contributed by atoms with E-state index in [2.05, 4.69) is 10.0 Å². The summed E-state index contributed by atoms with van der Waals surface area (Å²) in [5, 5.41) is 4.64. The van der Waals surface area contributed by atoms with Crippen LogP contribution in [0, 0.1) is 5.82 Å². The van der Waals surface area contributed by atoms with Crippen molar-refractivity contribution in [3.05, 3.63) is 78.1 Å². The molecular weight excluding hydrogens is 355 g/mol. The molecule has 0 radical (unpaired) electrons. The Balaban J connectivity index is 1.59. The summed E-state index contributed by atoms with van der Waals surface area (Å²) in [6, 6.07) is 18.7. The third-order valence-electron chi connectivity index (χ3n) is 3.79. The van der Waals surface area contributed by atoms with Crippen LogP contribution in [0.4, 0.5) is 10.1 Å². The van der Waals surface area contributed by atoms with Crippen LogP contribution >= 0.6 is 0 Å². The standard InChI is InChI=1S/C19H17FN2O3S/c20-18-8-4-3-7-16(18)13-26(24,25)21-12-19(23)22-17-10-9-14-5-1-2-6-15(14)11-17/h1-11,21H,12-13H2,(H,22,23). The molecule has 0 aliphatic heterocycles. The number of carbonyl (C=O) groups is 1. The van der Waals surface area contributed by atoms with Crippen LogP contribution in [0.25, 0.3) is 10.8 Å². The number of rotatable bonds is 6. The summed E-state index contributed by atoms with van der Waals surface area (Å²) in [5.74, 6) is -1.63. The van der Waals surface area contributed by atoms with E-state index in [1.807, 2.05) is 30.3 Å². The van der Waals surface area contributed by atoms with Crippen LogP contribution in [0.15, 0.2) is 66.7 Å². The van der Waals surface area contributed by atoms with Gasteiger partial charge in [0.15, 0.2) is 0 Å². The van der Waals surface area contributed by atoms with Gasteiger partial charge in [0.25, 0.3) is 0 Å². The van der Waals surface area contributed by atoms with Gasteiger partial charge < -0.3 is 5.32 Å². The van der Waals surface area contributed by atoms with Gasteiger partial charge in [-0.15, -0.1) is 0 Å². The Bertz CT molecular complexity index is 1050. The minimum Gasteiger partial charge on any atom is -0.325 e. The first-order chi connectivity index (χ1) is 12.4. The average Bonchev–Trinajstić information content (AvgIpc) is 2.62. The number of halogens is 1. The highest BCUT2D eigenvalue weighted by Crippen LogP contribution is 2.18. The third kappa shape index (κ3) is 4.65. The summed E-state index contributed by atoms with van der Waals surface area (Å²) in [5.41, 5.74) is 0.622. The van der Waals surface area contributed by atoms with Gasteiger partial charge in [-0.1, -0.05) is 48.5 Å². The number of hydrogen-bond acceptors (Lipinski definition) is 3. The van der Waals surface area contributed by atoms with E-state index in [-0.39, 0.29) is 5.56 Å². The zero-order valence-corrected chi connectivity index (χ0v) is 14.6. The maximum Gasteiger partial charge on any atom is 0.239 e. The largest absolute Gasteiger partial charge is 0.325 e. The molecule has 3 rings (SSSR count). The predicted molar refractivity (Wildman–Crippen MR) is 99.6 cm³/mol. The lowest BCUT2D eigenvalue weighted by Crippen LogP contribution is -2.33. The quantitative estimate of drug-likeness (QED) is 0.698. The van der Waals surface area contributed by atoms with E-state index in [1.54, 1.807) is 18.2 Å². The smallest absolute Gasteiger partial charge is 0.239 e. The Morgan fingerprint density at radius 3 is 2.38 bits per heavy atom. The summed E-state index contributed by atoms with van der Waals surface area (Å²) in [6.07, 6.45) is 0. The summed E-state index contributed by atoms with van der Waals surface area (Å²) >= 11 is 0. The Morgan fingerprint density at radius 2 is 1.62 bits per heavy atom. The fraction of sp³-hybridized carbons (Fsp3) is 0.105. The number of sulfonamides is 1. The lowest BCUT2D eigenvalue weighted by atomic mass is 10.1. The second kappa shape index (κ2) is 7.63. The van der Waals surface area contributed by atoms with Crippen molar-refractivity contribution < 1.29 is 17.6 Å². The SMILES string of the molecule is O=C(CNS(=O)(=O)Cc1ccccc1F)Nc1ccc2ccccc2c1. The van der Waals surface area contributed by atoms with Crippen LogP contribution in [-0.4, -0.2) is 20.9 Å². The minimum absolute atomic E-state index is 0.0509. The summed E-state index contributed by atoms with van der Waals surface area (Å²) < 4.78 is 39.8. The molecule has 0 bridgehead atoms. The van der Waals surface area contributed by atoms with Gasteiger partial charge in [-0.25, -0.2) is 17.5 Å². The molecule has 0 aromatic heterocycles. The number of nitrogens with one attached hydrogen (secondary N) is 2. The Labute approximate surface area is 150 Å². The van der Waals surface area contributed by atoms with Gasteiger partial charge in [0, 0.05) is 11.3 Å². The predicted octanol–water partition coefficient (Wildman–Crippen LogP) is 3.04. The van der Waals surface area contributed by atoms with Crippen LogP contribution in [-0.2, 0) is 20.6 Å². The van der Waals surface area contributed by atoms with Gasteiger partial charge >= 0.3 is 0 Å². The number of benzene rings is 3. The molecule has 0 fully saturated rings. The highest BCUT2D eigenvalue weighted by Gasteiger charge is 2.15. The monoisotopic (exact) mass is 372 g/mol. The fourth-order valence-electron chi connectivity index (χ4n) is 2.52. The van der Waals surface area contributed by atoms with Crippen LogP contribution < -0.4 is 10.0 Å². The lowest BCUT2D eigenvalue weighted by molar-refractivity contribution is -0.115.